The second kappa shape index (κ2) is 9.23. The predicted octanol–water partition coefficient (Wildman–Crippen LogP) is 4.16. The van der Waals surface area contributed by atoms with Crippen molar-refractivity contribution in [2.75, 3.05) is 5.75 Å². The zero-order chi connectivity index (χ0) is 20.8. The van der Waals surface area contributed by atoms with Gasteiger partial charge in [-0.3, -0.25) is 9.36 Å². The Morgan fingerprint density at radius 1 is 1.03 bits per heavy atom. The van der Waals surface area contributed by atoms with Crippen LogP contribution in [-0.4, -0.2) is 32.1 Å². The van der Waals surface area contributed by atoms with Crippen molar-refractivity contribution < 1.29 is 9.21 Å². The van der Waals surface area contributed by atoms with Gasteiger partial charge in [0.05, 0.1) is 12.0 Å². The first-order valence-electron chi connectivity index (χ1n) is 9.28. The van der Waals surface area contributed by atoms with Crippen LogP contribution in [0.1, 0.15) is 12.7 Å². The Balaban J connectivity index is 1.52. The SMILES string of the molecule is C/C(=N\NC(=O)CSc1nnc(-c2ccccc2)n1-c1ccccc1)c1ccco1. The highest BCUT2D eigenvalue weighted by atomic mass is 32.2. The summed E-state index contributed by atoms with van der Waals surface area (Å²) < 4.78 is 7.21. The monoisotopic (exact) mass is 417 g/mol. The quantitative estimate of drug-likeness (QED) is 0.277. The number of carbonyl (C=O) groups excluding carboxylic acids is 1. The average Bonchev–Trinajstić information content (AvgIpc) is 3.47. The Morgan fingerprint density at radius 2 is 1.77 bits per heavy atom. The molecule has 0 spiro atoms. The Labute approximate surface area is 177 Å². The van der Waals surface area contributed by atoms with Gasteiger partial charge in [0.1, 0.15) is 11.5 Å². The van der Waals surface area contributed by atoms with Crippen LogP contribution in [0.5, 0.6) is 0 Å². The molecule has 7 nitrogen and oxygen atoms in total. The highest BCUT2D eigenvalue weighted by molar-refractivity contribution is 7.99. The van der Waals surface area contributed by atoms with Gasteiger partial charge >= 0.3 is 0 Å². The summed E-state index contributed by atoms with van der Waals surface area (Å²) in [4.78, 5) is 12.3. The molecule has 0 aliphatic rings. The van der Waals surface area contributed by atoms with E-state index < -0.39 is 0 Å². The Hall–Kier alpha value is -3.65. The van der Waals surface area contributed by atoms with Gasteiger partial charge in [-0.1, -0.05) is 60.3 Å². The summed E-state index contributed by atoms with van der Waals surface area (Å²) in [6.45, 7) is 1.77. The Morgan fingerprint density at radius 3 is 2.47 bits per heavy atom. The van der Waals surface area contributed by atoms with E-state index in [1.807, 2.05) is 65.2 Å². The lowest BCUT2D eigenvalue weighted by Gasteiger charge is -2.10. The maximum absolute atomic E-state index is 12.3. The second-order valence-electron chi connectivity index (χ2n) is 6.34. The fraction of sp³-hybridized carbons (Fsp3) is 0.0909. The number of rotatable bonds is 7. The molecule has 0 aliphatic carbocycles. The fourth-order valence-corrected chi connectivity index (χ4v) is 3.54. The molecule has 0 fully saturated rings. The molecule has 150 valence electrons. The van der Waals surface area contributed by atoms with E-state index in [0.717, 1.165) is 17.1 Å². The van der Waals surface area contributed by atoms with Crippen molar-refractivity contribution in [1.82, 2.24) is 20.2 Å². The zero-order valence-corrected chi connectivity index (χ0v) is 17.0. The van der Waals surface area contributed by atoms with Crippen LogP contribution in [0.4, 0.5) is 0 Å². The summed E-state index contributed by atoms with van der Waals surface area (Å²) in [7, 11) is 0. The van der Waals surface area contributed by atoms with Gasteiger partial charge in [-0.25, -0.2) is 5.43 Å². The summed E-state index contributed by atoms with van der Waals surface area (Å²) in [5.74, 6) is 1.24. The number of para-hydroxylation sites is 1. The topological polar surface area (TPSA) is 85.3 Å². The number of hydrogen-bond donors (Lipinski definition) is 1. The van der Waals surface area contributed by atoms with E-state index in [1.54, 1.807) is 25.3 Å². The number of thioether (sulfide) groups is 1. The lowest BCUT2D eigenvalue weighted by Crippen LogP contribution is -2.21. The van der Waals surface area contributed by atoms with Crippen molar-refractivity contribution in [3.05, 3.63) is 84.8 Å². The van der Waals surface area contributed by atoms with Gasteiger partial charge in [0, 0.05) is 11.3 Å². The highest BCUT2D eigenvalue weighted by Crippen LogP contribution is 2.27. The van der Waals surface area contributed by atoms with Crippen molar-refractivity contribution in [2.45, 2.75) is 12.1 Å². The van der Waals surface area contributed by atoms with Crippen LogP contribution >= 0.6 is 11.8 Å². The molecule has 30 heavy (non-hydrogen) atoms. The molecular formula is C22H19N5O2S. The third-order valence-electron chi connectivity index (χ3n) is 4.24. The highest BCUT2D eigenvalue weighted by Gasteiger charge is 2.17. The van der Waals surface area contributed by atoms with Gasteiger partial charge in [0.25, 0.3) is 5.91 Å². The van der Waals surface area contributed by atoms with E-state index in [1.165, 1.54) is 11.8 Å². The molecule has 0 unspecified atom stereocenters. The maximum Gasteiger partial charge on any atom is 0.250 e. The summed E-state index contributed by atoms with van der Waals surface area (Å²) >= 11 is 1.30. The number of hydrazone groups is 1. The van der Waals surface area contributed by atoms with Crippen LogP contribution in [0.2, 0.25) is 0 Å². The van der Waals surface area contributed by atoms with Gasteiger partial charge in [-0.15, -0.1) is 10.2 Å². The van der Waals surface area contributed by atoms with Crippen LogP contribution in [0.25, 0.3) is 17.1 Å². The van der Waals surface area contributed by atoms with Crippen LogP contribution < -0.4 is 5.43 Å². The molecule has 4 rings (SSSR count). The number of benzene rings is 2. The number of aromatic nitrogens is 3. The van der Waals surface area contributed by atoms with Crippen LogP contribution in [-0.2, 0) is 4.79 Å². The molecule has 8 heteroatoms. The van der Waals surface area contributed by atoms with Crippen LogP contribution in [0, 0.1) is 0 Å². The van der Waals surface area contributed by atoms with E-state index in [0.29, 0.717) is 16.6 Å². The molecule has 0 bridgehead atoms. The maximum atomic E-state index is 12.3. The standard InChI is InChI=1S/C22H19N5O2S/c1-16(19-13-8-14-29-19)23-24-20(28)15-30-22-26-25-21(17-9-4-2-5-10-17)27(22)18-11-6-3-7-12-18/h2-14H,15H2,1H3,(H,24,28)/b23-16+. The van der Waals surface area contributed by atoms with Gasteiger partial charge < -0.3 is 4.42 Å². The summed E-state index contributed by atoms with van der Waals surface area (Å²) in [6, 6.07) is 23.2. The third-order valence-corrected chi connectivity index (χ3v) is 5.17. The molecule has 0 atom stereocenters. The number of hydrogen-bond acceptors (Lipinski definition) is 6. The Bertz CT molecular complexity index is 1140. The first-order chi connectivity index (χ1) is 14.7. The first kappa shape index (κ1) is 19.7. The molecule has 0 aliphatic heterocycles. The van der Waals surface area contributed by atoms with Crippen molar-refractivity contribution >= 4 is 23.4 Å². The molecule has 4 aromatic rings. The van der Waals surface area contributed by atoms with Gasteiger partial charge in [-0.2, -0.15) is 5.10 Å². The number of nitrogens with one attached hydrogen (secondary N) is 1. The molecule has 2 aromatic carbocycles. The number of furan rings is 1. The minimum absolute atomic E-state index is 0.148. The summed E-state index contributed by atoms with van der Waals surface area (Å²) in [5, 5.41) is 13.4. The predicted molar refractivity (Wildman–Crippen MR) is 117 cm³/mol. The van der Waals surface area contributed by atoms with Crippen molar-refractivity contribution in [2.24, 2.45) is 5.10 Å². The first-order valence-corrected chi connectivity index (χ1v) is 10.3. The fourth-order valence-electron chi connectivity index (χ4n) is 2.80. The normalized spacial score (nSPS) is 11.4. The molecule has 1 amide bonds. The van der Waals surface area contributed by atoms with E-state index in [4.69, 9.17) is 4.42 Å². The molecule has 0 radical (unpaired) electrons. The van der Waals surface area contributed by atoms with Gasteiger partial charge in [-0.05, 0) is 31.2 Å². The smallest absolute Gasteiger partial charge is 0.250 e. The van der Waals surface area contributed by atoms with Crippen molar-refractivity contribution in [3.8, 4) is 17.1 Å². The minimum atomic E-state index is -0.241. The minimum Gasteiger partial charge on any atom is -0.463 e. The molecule has 2 heterocycles. The van der Waals surface area contributed by atoms with Crippen molar-refractivity contribution in [3.63, 3.8) is 0 Å². The van der Waals surface area contributed by atoms with E-state index in [2.05, 4.69) is 20.7 Å². The van der Waals surface area contributed by atoms with Gasteiger partial charge in [0.15, 0.2) is 11.0 Å². The number of amides is 1. The summed E-state index contributed by atoms with van der Waals surface area (Å²) in [6.07, 6.45) is 1.56. The van der Waals surface area contributed by atoms with Crippen LogP contribution in [0.15, 0.2) is 93.7 Å². The largest absolute Gasteiger partial charge is 0.463 e. The van der Waals surface area contributed by atoms with E-state index in [9.17, 15) is 4.79 Å². The third kappa shape index (κ3) is 4.49. The van der Waals surface area contributed by atoms with Gasteiger partial charge in [0.2, 0.25) is 0 Å². The lowest BCUT2D eigenvalue weighted by atomic mass is 10.2. The molecule has 1 N–H and O–H groups in total. The molecule has 0 saturated heterocycles. The zero-order valence-electron chi connectivity index (χ0n) is 16.2. The van der Waals surface area contributed by atoms with Crippen molar-refractivity contribution in [1.29, 1.82) is 0 Å². The number of carbonyl (C=O) groups is 1. The molecular weight excluding hydrogens is 398 g/mol. The number of nitrogens with zero attached hydrogens (tertiary/aromatic N) is 4. The molecule has 2 aromatic heterocycles. The van der Waals surface area contributed by atoms with Crippen LogP contribution in [0.3, 0.4) is 0 Å². The molecule has 0 saturated carbocycles. The van der Waals surface area contributed by atoms with E-state index in [-0.39, 0.29) is 11.7 Å². The Kier molecular flexibility index (Phi) is 6.05. The average molecular weight is 417 g/mol. The summed E-state index contributed by atoms with van der Waals surface area (Å²) in [5.41, 5.74) is 5.02. The second-order valence-corrected chi connectivity index (χ2v) is 7.28. The lowest BCUT2D eigenvalue weighted by molar-refractivity contribution is -0.118. The van der Waals surface area contributed by atoms with E-state index >= 15 is 0 Å².